The quantitative estimate of drug-likeness (QED) is 0.813. The van der Waals surface area contributed by atoms with Gasteiger partial charge in [0.2, 0.25) is 5.91 Å². The van der Waals surface area contributed by atoms with Crippen LogP contribution in [0.25, 0.3) is 0 Å². The molecule has 0 aliphatic carbocycles. The molecule has 0 saturated carbocycles. The van der Waals surface area contributed by atoms with Crippen molar-refractivity contribution in [1.29, 1.82) is 0 Å². The van der Waals surface area contributed by atoms with Gasteiger partial charge in [-0.2, -0.15) is 0 Å². The zero-order valence-electron chi connectivity index (χ0n) is 14.6. The molecule has 7 heteroatoms. The van der Waals surface area contributed by atoms with E-state index in [-0.39, 0.29) is 11.8 Å². The van der Waals surface area contributed by atoms with Crippen molar-refractivity contribution in [2.75, 3.05) is 47.5 Å². The van der Waals surface area contributed by atoms with E-state index in [9.17, 15) is 9.59 Å². The molecule has 2 amide bonds. The highest BCUT2D eigenvalue weighted by atomic mass is 16.5. The lowest BCUT2D eigenvalue weighted by Crippen LogP contribution is -2.50. The van der Waals surface area contributed by atoms with Gasteiger partial charge in [0, 0.05) is 44.7 Å². The highest BCUT2D eigenvalue weighted by Crippen LogP contribution is 2.35. The van der Waals surface area contributed by atoms with Gasteiger partial charge in [-0.05, 0) is 0 Å². The van der Waals surface area contributed by atoms with Gasteiger partial charge in [0.25, 0.3) is 5.91 Å². The van der Waals surface area contributed by atoms with E-state index in [0.717, 1.165) is 0 Å². The summed E-state index contributed by atoms with van der Waals surface area (Å²) >= 11 is 0. The van der Waals surface area contributed by atoms with Crippen molar-refractivity contribution in [3.8, 4) is 17.2 Å². The van der Waals surface area contributed by atoms with Crippen LogP contribution in [0.2, 0.25) is 0 Å². The van der Waals surface area contributed by atoms with Crippen LogP contribution in [-0.2, 0) is 4.79 Å². The number of nitrogens with zero attached hydrogens (tertiary/aromatic N) is 2. The summed E-state index contributed by atoms with van der Waals surface area (Å²) in [6.45, 7) is 3.90. The first-order valence-corrected chi connectivity index (χ1v) is 7.92. The summed E-state index contributed by atoms with van der Waals surface area (Å²) < 4.78 is 15.9. The number of ether oxygens (including phenoxy) is 3. The van der Waals surface area contributed by atoms with Crippen LogP contribution in [0.5, 0.6) is 17.2 Å². The van der Waals surface area contributed by atoms with E-state index in [2.05, 4.69) is 0 Å². The second kappa shape index (κ2) is 7.90. The summed E-state index contributed by atoms with van der Waals surface area (Å²) in [5.74, 6) is 1.31. The fourth-order valence-corrected chi connectivity index (χ4v) is 2.76. The molecule has 1 aliphatic rings. The minimum absolute atomic E-state index is 0.113. The molecule has 0 aromatic heterocycles. The van der Waals surface area contributed by atoms with Crippen LogP contribution in [0, 0.1) is 0 Å². The van der Waals surface area contributed by atoms with Crippen LogP contribution in [-0.4, -0.2) is 69.1 Å². The first kappa shape index (κ1) is 17.9. The zero-order chi connectivity index (χ0) is 17.7. The molecule has 1 aromatic carbocycles. The van der Waals surface area contributed by atoms with Crippen molar-refractivity contribution in [3.63, 3.8) is 0 Å². The molecule has 1 aliphatic heterocycles. The number of piperazine rings is 1. The number of hydrogen-bond donors (Lipinski definition) is 0. The third-order valence-corrected chi connectivity index (χ3v) is 4.15. The van der Waals surface area contributed by atoms with Gasteiger partial charge in [-0.25, -0.2) is 0 Å². The molecular weight excluding hydrogens is 312 g/mol. The Hall–Kier alpha value is -2.44. The minimum Gasteiger partial charge on any atom is -0.496 e. The highest BCUT2D eigenvalue weighted by molar-refractivity contribution is 6.00. The van der Waals surface area contributed by atoms with Crippen LogP contribution >= 0.6 is 0 Å². The molecule has 0 spiro atoms. The Labute approximate surface area is 142 Å². The predicted molar refractivity (Wildman–Crippen MR) is 88.9 cm³/mol. The van der Waals surface area contributed by atoms with E-state index in [1.807, 2.05) is 6.92 Å². The number of amides is 2. The molecule has 132 valence electrons. The topological polar surface area (TPSA) is 68.3 Å². The van der Waals surface area contributed by atoms with Crippen molar-refractivity contribution in [3.05, 3.63) is 17.7 Å². The van der Waals surface area contributed by atoms with Gasteiger partial charge in [0.05, 0.1) is 21.3 Å². The molecule has 0 bridgehead atoms. The standard InChI is InChI=1S/C17H24N2O5/c1-5-15(20)18-6-8-19(9-7-18)17(21)16-13(23-3)10-12(22-2)11-14(16)24-4/h10-11H,5-9H2,1-4H3. The number of methoxy groups -OCH3 is 3. The zero-order valence-corrected chi connectivity index (χ0v) is 14.6. The smallest absolute Gasteiger partial charge is 0.261 e. The Bertz CT molecular complexity index is 584. The van der Waals surface area contributed by atoms with Gasteiger partial charge in [0.1, 0.15) is 22.8 Å². The Morgan fingerprint density at radius 2 is 1.42 bits per heavy atom. The summed E-state index contributed by atoms with van der Waals surface area (Å²) in [5, 5.41) is 0. The first-order valence-electron chi connectivity index (χ1n) is 7.92. The first-order chi connectivity index (χ1) is 11.5. The number of hydrogen-bond acceptors (Lipinski definition) is 5. The second-order valence-electron chi connectivity index (χ2n) is 5.43. The number of rotatable bonds is 5. The van der Waals surface area contributed by atoms with E-state index in [4.69, 9.17) is 14.2 Å². The van der Waals surface area contributed by atoms with E-state index in [0.29, 0.717) is 55.4 Å². The molecule has 1 aromatic rings. The normalized spacial score (nSPS) is 14.3. The van der Waals surface area contributed by atoms with Crippen LogP contribution in [0.3, 0.4) is 0 Å². The maximum atomic E-state index is 12.9. The lowest BCUT2D eigenvalue weighted by molar-refractivity contribution is -0.132. The molecule has 1 heterocycles. The highest BCUT2D eigenvalue weighted by Gasteiger charge is 2.28. The second-order valence-corrected chi connectivity index (χ2v) is 5.43. The third kappa shape index (κ3) is 3.55. The van der Waals surface area contributed by atoms with E-state index < -0.39 is 0 Å². The maximum absolute atomic E-state index is 12.9. The molecular formula is C17H24N2O5. The monoisotopic (exact) mass is 336 g/mol. The predicted octanol–water partition coefficient (Wildman–Crippen LogP) is 1.41. The lowest BCUT2D eigenvalue weighted by Gasteiger charge is -2.35. The summed E-state index contributed by atoms with van der Waals surface area (Å²) in [7, 11) is 4.55. The maximum Gasteiger partial charge on any atom is 0.261 e. The van der Waals surface area contributed by atoms with Crippen LogP contribution in [0.1, 0.15) is 23.7 Å². The minimum atomic E-state index is -0.171. The average Bonchev–Trinajstić information content (AvgIpc) is 2.65. The molecule has 2 rings (SSSR count). The van der Waals surface area contributed by atoms with Crippen molar-refractivity contribution in [2.24, 2.45) is 0 Å². The number of carbonyl (C=O) groups excluding carboxylic acids is 2. The summed E-state index contributed by atoms with van der Waals surface area (Å²) in [5.41, 5.74) is 0.371. The van der Waals surface area contributed by atoms with Crippen molar-refractivity contribution in [1.82, 2.24) is 9.80 Å². The Kier molecular flexibility index (Phi) is 5.89. The fraction of sp³-hybridized carbons (Fsp3) is 0.529. The molecule has 0 atom stereocenters. The molecule has 0 radical (unpaired) electrons. The Balaban J connectivity index is 2.22. The summed E-state index contributed by atoms with van der Waals surface area (Å²) in [4.78, 5) is 28.2. The van der Waals surface area contributed by atoms with Gasteiger partial charge >= 0.3 is 0 Å². The number of benzene rings is 1. The molecule has 1 fully saturated rings. The van der Waals surface area contributed by atoms with Crippen molar-refractivity contribution in [2.45, 2.75) is 13.3 Å². The molecule has 7 nitrogen and oxygen atoms in total. The van der Waals surface area contributed by atoms with Crippen LogP contribution in [0.15, 0.2) is 12.1 Å². The Morgan fingerprint density at radius 3 is 1.83 bits per heavy atom. The molecule has 1 saturated heterocycles. The summed E-state index contributed by atoms with van der Waals surface area (Å²) in [6, 6.07) is 3.32. The average molecular weight is 336 g/mol. The molecule has 0 unspecified atom stereocenters. The van der Waals surface area contributed by atoms with Gasteiger partial charge in [0.15, 0.2) is 0 Å². The third-order valence-electron chi connectivity index (χ3n) is 4.15. The fourth-order valence-electron chi connectivity index (χ4n) is 2.76. The van der Waals surface area contributed by atoms with Gasteiger partial charge in [-0.15, -0.1) is 0 Å². The SMILES string of the molecule is CCC(=O)N1CCN(C(=O)c2c(OC)cc(OC)cc2OC)CC1. The summed E-state index contributed by atoms with van der Waals surface area (Å²) in [6.07, 6.45) is 0.480. The number of carbonyl (C=O) groups is 2. The Morgan fingerprint density at radius 1 is 0.917 bits per heavy atom. The van der Waals surface area contributed by atoms with Crippen molar-refractivity contribution >= 4 is 11.8 Å². The van der Waals surface area contributed by atoms with E-state index >= 15 is 0 Å². The van der Waals surface area contributed by atoms with E-state index in [1.165, 1.54) is 14.2 Å². The van der Waals surface area contributed by atoms with E-state index in [1.54, 1.807) is 29.0 Å². The van der Waals surface area contributed by atoms with Crippen LogP contribution < -0.4 is 14.2 Å². The molecule has 24 heavy (non-hydrogen) atoms. The largest absolute Gasteiger partial charge is 0.496 e. The van der Waals surface area contributed by atoms with Gasteiger partial charge in [-0.3, -0.25) is 9.59 Å². The van der Waals surface area contributed by atoms with Crippen LogP contribution in [0.4, 0.5) is 0 Å². The van der Waals surface area contributed by atoms with Gasteiger partial charge < -0.3 is 24.0 Å². The van der Waals surface area contributed by atoms with Gasteiger partial charge in [-0.1, -0.05) is 6.92 Å². The van der Waals surface area contributed by atoms with Crippen molar-refractivity contribution < 1.29 is 23.8 Å². The molecule has 0 N–H and O–H groups in total. The lowest BCUT2D eigenvalue weighted by atomic mass is 10.1.